The Morgan fingerprint density at radius 2 is 1.19 bits per heavy atom. The lowest BCUT2D eigenvalue weighted by Gasteiger charge is -2.40. The van der Waals surface area contributed by atoms with Gasteiger partial charge in [0, 0.05) is 23.9 Å². The molecule has 0 saturated heterocycles. The van der Waals surface area contributed by atoms with E-state index in [1.165, 1.54) is 50.0 Å². The quantitative estimate of drug-likeness (QED) is 0.544. The topological polar surface area (TPSA) is 18.5 Å². The summed E-state index contributed by atoms with van der Waals surface area (Å²) >= 11 is 0. The van der Waals surface area contributed by atoms with Crippen molar-refractivity contribution in [1.29, 1.82) is 0 Å². The predicted molar refractivity (Wildman–Crippen MR) is 91.2 cm³/mol. The van der Waals surface area contributed by atoms with Gasteiger partial charge in [-0.15, -0.1) is 0 Å². The molecular formula is C18H32O2Si. The smallest absolute Gasteiger partial charge is 0.465 e. The Morgan fingerprint density at radius 3 is 1.48 bits per heavy atom. The van der Waals surface area contributed by atoms with Crippen LogP contribution in [0.1, 0.15) is 79.1 Å². The minimum absolute atomic E-state index is 0.461. The van der Waals surface area contributed by atoms with Crippen LogP contribution in [0.2, 0.25) is 11.1 Å². The van der Waals surface area contributed by atoms with Crippen LogP contribution in [0.15, 0.2) is 23.7 Å². The lowest BCUT2D eigenvalue weighted by atomic mass is 10.1. The Hall–Kier alpha value is -0.703. The molecule has 21 heavy (non-hydrogen) atoms. The van der Waals surface area contributed by atoms with Crippen molar-refractivity contribution in [3.8, 4) is 0 Å². The highest BCUT2D eigenvalue weighted by Gasteiger charge is 2.50. The van der Waals surface area contributed by atoms with E-state index in [4.69, 9.17) is 8.85 Å². The first kappa shape index (κ1) is 16.7. The van der Waals surface area contributed by atoms with Crippen LogP contribution in [0.25, 0.3) is 0 Å². The van der Waals surface area contributed by atoms with E-state index in [0.717, 1.165) is 12.8 Å². The molecule has 0 amide bonds. The summed E-state index contributed by atoms with van der Waals surface area (Å²) in [6, 6.07) is 0. The lowest BCUT2D eigenvalue weighted by molar-refractivity contribution is 0.218. The van der Waals surface area contributed by atoms with E-state index in [0.29, 0.717) is 11.1 Å². The normalized spacial score (nSPS) is 20.3. The van der Waals surface area contributed by atoms with E-state index < -0.39 is 8.56 Å². The molecule has 0 saturated carbocycles. The summed E-state index contributed by atoms with van der Waals surface area (Å²) in [5, 5.41) is 0. The van der Waals surface area contributed by atoms with Gasteiger partial charge in [0.05, 0.1) is 11.5 Å². The SMILES string of the molecule is CC(C)[Si](OC1=CCCCC1)(OC1=CCCCC1)C(C)C. The highest BCUT2D eigenvalue weighted by molar-refractivity contribution is 6.70. The van der Waals surface area contributed by atoms with Crippen LogP contribution < -0.4 is 0 Å². The first-order valence-electron chi connectivity index (χ1n) is 8.80. The maximum atomic E-state index is 6.64. The molecule has 0 aromatic carbocycles. The summed E-state index contributed by atoms with van der Waals surface area (Å²) in [5.41, 5.74) is 0.923. The van der Waals surface area contributed by atoms with E-state index in [-0.39, 0.29) is 0 Å². The van der Waals surface area contributed by atoms with Gasteiger partial charge < -0.3 is 8.85 Å². The van der Waals surface area contributed by atoms with E-state index >= 15 is 0 Å². The molecule has 120 valence electrons. The van der Waals surface area contributed by atoms with E-state index in [1.54, 1.807) is 0 Å². The standard InChI is InChI=1S/C18H32O2Si/c1-15(2)21(16(3)4,19-17-11-7-5-8-12-17)20-18-13-9-6-10-14-18/h11,13,15-16H,5-10,12,14H2,1-4H3. The monoisotopic (exact) mass is 308 g/mol. The third kappa shape index (κ3) is 4.15. The predicted octanol–water partition coefficient (Wildman–Crippen LogP) is 6.20. The number of allylic oxidation sites excluding steroid dienone is 4. The Kier molecular flexibility index (Phi) is 5.97. The third-order valence-electron chi connectivity index (χ3n) is 4.69. The Morgan fingerprint density at radius 1 is 0.762 bits per heavy atom. The van der Waals surface area contributed by atoms with Crippen molar-refractivity contribution in [3.63, 3.8) is 0 Å². The number of hydrogen-bond acceptors (Lipinski definition) is 2. The van der Waals surface area contributed by atoms with Gasteiger partial charge in [0.1, 0.15) is 0 Å². The first-order chi connectivity index (χ1) is 10.0. The molecule has 0 radical (unpaired) electrons. The van der Waals surface area contributed by atoms with Gasteiger partial charge in [0.15, 0.2) is 0 Å². The van der Waals surface area contributed by atoms with Crippen LogP contribution in [0.3, 0.4) is 0 Å². The Labute approximate surface area is 131 Å². The minimum atomic E-state index is -2.26. The lowest BCUT2D eigenvalue weighted by Crippen LogP contribution is -2.48. The molecule has 0 aromatic rings. The van der Waals surface area contributed by atoms with E-state index in [1.807, 2.05) is 0 Å². The van der Waals surface area contributed by atoms with Crippen LogP contribution in [-0.4, -0.2) is 8.56 Å². The molecule has 0 aliphatic heterocycles. The molecule has 2 aliphatic rings. The molecule has 2 aliphatic carbocycles. The van der Waals surface area contributed by atoms with Crippen molar-refractivity contribution in [2.75, 3.05) is 0 Å². The van der Waals surface area contributed by atoms with Crippen LogP contribution in [0.5, 0.6) is 0 Å². The van der Waals surface area contributed by atoms with Gasteiger partial charge in [-0.1, -0.05) is 27.7 Å². The molecule has 0 heterocycles. The van der Waals surface area contributed by atoms with Crippen LogP contribution >= 0.6 is 0 Å². The number of hydrogen-bond donors (Lipinski definition) is 0. The van der Waals surface area contributed by atoms with Crippen molar-refractivity contribution in [2.45, 2.75) is 90.1 Å². The summed E-state index contributed by atoms with van der Waals surface area (Å²) in [4.78, 5) is 0. The molecule has 2 rings (SSSR count). The maximum Gasteiger partial charge on any atom is 0.465 e. The minimum Gasteiger partial charge on any atom is -0.516 e. The Balaban J connectivity index is 2.19. The summed E-state index contributed by atoms with van der Waals surface area (Å²) in [6.07, 6.45) is 14.2. The van der Waals surface area contributed by atoms with E-state index in [9.17, 15) is 0 Å². The second-order valence-electron chi connectivity index (χ2n) is 7.07. The first-order valence-corrected chi connectivity index (χ1v) is 10.8. The van der Waals surface area contributed by atoms with Crippen LogP contribution in [0.4, 0.5) is 0 Å². The fourth-order valence-electron chi connectivity index (χ4n) is 3.37. The van der Waals surface area contributed by atoms with Crippen molar-refractivity contribution in [2.24, 2.45) is 0 Å². The van der Waals surface area contributed by atoms with Gasteiger partial charge in [-0.2, -0.15) is 0 Å². The fourth-order valence-corrected chi connectivity index (χ4v) is 6.88. The highest BCUT2D eigenvalue weighted by Crippen LogP contribution is 2.40. The van der Waals surface area contributed by atoms with Gasteiger partial charge in [-0.25, -0.2) is 0 Å². The van der Waals surface area contributed by atoms with Crippen LogP contribution in [-0.2, 0) is 8.85 Å². The maximum absolute atomic E-state index is 6.64. The van der Waals surface area contributed by atoms with Gasteiger partial charge in [-0.3, -0.25) is 0 Å². The molecule has 0 atom stereocenters. The summed E-state index contributed by atoms with van der Waals surface area (Å²) in [5.74, 6) is 2.40. The molecule has 0 fully saturated rings. The Bertz CT molecular complexity index is 358. The van der Waals surface area contributed by atoms with Gasteiger partial charge in [0.2, 0.25) is 0 Å². The molecular weight excluding hydrogens is 276 g/mol. The average Bonchev–Trinajstić information content (AvgIpc) is 2.48. The van der Waals surface area contributed by atoms with Crippen molar-refractivity contribution in [3.05, 3.63) is 23.7 Å². The molecule has 0 bridgehead atoms. The largest absolute Gasteiger partial charge is 0.516 e. The average molecular weight is 309 g/mol. The zero-order valence-corrected chi connectivity index (χ0v) is 15.3. The zero-order chi connectivity index (χ0) is 15.3. The highest BCUT2D eigenvalue weighted by atomic mass is 28.4. The van der Waals surface area contributed by atoms with Crippen molar-refractivity contribution >= 4 is 8.56 Å². The summed E-state index contributed by atoms with van der Waals surface area (Å²) in [7, 11) is -2.26. The second kappa shape index (κ2) is 7.53. The number of rotatable bonds is 6. The molecule has 2 nitrogen and oxygen atoms in total. The fraction of sp³-hybridized carbons (Fsp3) is 0.778. The summed E-state index contributed by atoms with van der Waals surface area (Å²) in [6.45, 7) is 9.11. The molecule has 0 spiro atoms. The third-order valence-corrected chi connectivity index (χ3v) is 9.07. The van der Waals surface area contributed by atoms with Gasteiger partial charge in [0.25, 0.3) is 0 Å². The zero-order valence-electron chi connectivity index (χ0n) is 14.3. The van der Waals surface area contributed by atoms with Gasteiger partial charge in [-0.05, 0) is 50.7 Å². The molecule has 0 aromatic heterocycles. The molecule has 3 heteroatoms. The van der Waals surface area contributed by atoms with E-state index in [2.05, 4.69) is 39.8 Å². The second-order valence-corrected chi connectivity index (χ2v) is 11.2. The van der Waals surface area contributed by atoms with Crippen molar-refractivity contribution in [1.82, 2.24) is 0 Å². The summed E-state index contributed by atoms with van der Waals surface area (Å²) < 4.78 is 13.3. The van der Waals surface area contributed by atoms with Crippen LogP contribution in [0, 0.1) is 0 Å². The van der Waals surface area contributed by atoms with Gasteiger partial charge >= 0.3 is 8.56 Å². The van der Waals surface area contributed by atoms with Crippen molar-refractivity contribution < 1.29 is 8.85 Å². The molecule has 0 N–H and O–H groups in total. The molecule has 0 unspecified atom stereocenters.